The fraction of sp³-hybridized carbons (Fsp3) is 0.611. The SMILES string of the molecule is CCc1ccccc1OCC(=O)N1CCCCC1C1OCCO1. The lowest BCUT2D eigenvalue weighted by Gasteiger charge is -2.37. The topological polar surface area (TPSA) is 48.0 Å². The number of hydrogen-bond acceptors (Lipinski definition) is 4. The van der Waals surface area contributed by atoms with E-state index in [4.69, 9.17) is 14.2 Å². The van der Waals surface area contributed by atoms with Gasteiger partial charge in [0.25, 0.3) is 5.91 Å². The van der Waals surface area contributed by atoms with Crippen molar-refractivity contribution in [2.75, 3.05) is 26.4 Å². The Bertz CT molecular complexity index is 528. The van der Waals surface area contributed by atoms with Gasteiger partial charge in [0, 0.05) is 6.54 Å². The third-order valence-corrected chi connectivity index (χ3v) is 4.54. The molecule has 0 radical (unpaired) electrons. The maximum Gasteiger partial charge on any atom is 0.260 e. The standard InChI is InChI=1S/C18H25NO4/c1-2-14-7-3-4-9-16(14)23-13-17(20)19-10-6-5-8-15(19)18-21-11-12-22-18/h3-4,7,9,15,18H,2,5-6,8,10-13H2,1H3. The second kappa shape index (κ2) is 7.79. The minimum absolute atomic E-state index is 0.0136. The van der Waals surface area contributed by atoms with Crippen LogP contribution in [0.1, 0.15) is 31.7 Å². The molecule has 3 rings (SSSR count). The quantitative estimate of drug-likeness (QED) is 0.836. The van der Waals surface area contributed by atoms with E-state index in [1.165, 1.54) is 0 Å². The zero-order chi connectivity index (χ0) is 16.1. The van der Waals surface area contributed by atoms with Crippen molar-refractivity contribution < 1.29 is 19.0 Å². The maximum atomic E-state index is 12.6. The van der Waals surface area contributed by atoms with Gasteiger partial charge in [0.1, 0.15) is 5.75 Å². The summed E-state index contributed by atoms with van der Waals surface area (Å²) in [7, 11) is 0. The van der Waals surface area contributed by atoms with Crippen LogP contribution < -0.4 is 4.74 Å². The molecule has 1 atom stereocenters. The van der Waals surface area contributed by atoms with Gasteiger partial charge >= 0.3 is 0 Å². The molecule has 1 unspecified atom stereocenters. The van der Waals surface area contributed by atoms with Crippen LogP contribution in [0.5, 0.6) is 5.75 Å². The molecule has 5 heteroatoms. The minimum Gasteiger partial charge on any atom is -0.483 e. The van der Waals surface area contributed by atoms with Crippen LogP contribution in [0.3, 0.4) is 0 Å². The summed E-state index contributed by atoms with van der Waals surface area (Å²) >= 11 is 0. The number of likely N-dealkylation sites (tertiary alicyclic amines) is 1. The van der Waals surface area contributed by atoms with E-state index in [0.29, 0.717) is 13.2 Å². The first-order chi connectivity index (χ1) is 11.3. The number of rotatable bonds is 5. The fourth-order valence-electron chi connectivity index (χ4n) is 3.31. The Balaban J connectivity index is 1.61. The summed E-state index contributed by atoms with van der Waals surface area (Å²) in [5, 5.41) is 0. The molecule has 0 saturated carbocycles. The summed E-state index contributed by atoms with van der Waals surface area (Å²) in [6, 6.07) is 7.89. The smallest absolute Gasteiger partial charge is 0.260 e. The third-order valence-electron chi connectivity index (χ3n) is 4.54. The number of carbonyl (C=O) groups excluding carboxylic acids is 1. The van der Waals surface area contributed by atoms with Crippen LogP contribution in [0.15, 0.2) is 24.3 Å². The highest BCUT2D eigenvalue weighted by atomic mass is 16.7. The van der Waals surface area contributed by atoms with Crippen LogP contribution in [-0.2, 0) is 20.7 Å². The molecule has 126 valence electrons. The van der Waals surface area contributed by atoms with Gasteiger partial charge in [-0.2, -0.15) is 0 Å². The zero-order valence-electron chi connectivity index (χ0n) is 13.7. The van der Waals surface area contributed by atoms with Crippen molar-refractivity contribution in [2.24, 2.45) is 0 Å². The van der Waals surface area contributed by atoms with Crippen molar-refractivity contribution in [1.29, 1.82) is 0 Å². The van der Waals surface area contributed by atoms with E-state index in [2.05, 4.69) is 6.92 Å². The Labute approximate surface area is 137 Å². The first kappa shape index (κ1) is 16.3. The van der Waals surface area contributed by atoms with E-state index in [-0.39, 0.29) is 24.8 Å². The minimum atomic E-state index is -0.276. The maximum absolute atomic E-state index is 12.6. The highest BCUT2D eigenvalue weighted by Gasteiger charge is 2.36. The van der Waals surface area contributed by atoms with E-state index >= 15 is 0 Å². The molecule has 2 aliphatic rings. The van der Waals surface area contributed by atoms with Crippen LogP contribution in [0, 0.1) is 0 Å². The lowest BCUT2D eigenvalue weighted by Crippen LogP contribution is -2.51. The Morgan fingerprint density at radius 1 is 1.26 bits per heavy atom. The number of benzene rings is 1. The summed E-state index contributed by atoms with van der Waals surface area (Å²) < 4.78 is 17.0. The van der Waals surface area contributed by atoms with E-state index in [9.17, 15) is 4.79 Å². The number of nitrogens with zero attached hydrogens (tertiary/aromatic N) is 1. The number of piperidine rings is 1. The molecule has 5 nitrogen and oxygen atoms in total. The van der Waals surface area contributed by atoms with Gasteiger partial charge in [-0.15, -0.1) is 0 Å². The summed E-state index contributed by atoms with van der Waals surface area (Å²) in [4.78, 5) is 14.5. The second-order valence-corrected chi connectivity index (χ2v) is 6.01. The van der Waals surface area contributed by atoms with Crippen LogP contribution in [0.2, 0.25) is 0 Å². The average Bonchev–Trinajstić information content (AvgIpc) is 3.14. The predicted molar refractivity (Wildman–Crippen MR) is 86.4 cm³/mol. The monoisotopic (exact) mass is 319 g/mol. The number of hydrogen-bond donors (Lipinski definition) is 0. The Morgan fingerprint density at radius 2 is 2.04 bits per heavy atom. The van der Waals surface area contributed by atoms with Crippen molar-refractivity contribution in [2.45, 2.75) is 44.9 Å². The van der Waals surface area contributed by atoms with Crippen LogP contribution in [-0.4, -0.2) is 49.5 Å². The van der Waals surface area contributed by atoms with E-state index in [1.807, 2.05) is 29.2 Å². The van der Waals surface area contributed by atoms with Gasteiger partial charge in [0.2, 0.25) is 0 Å². The van der Waals surface area contributed by atoms with Gasteiger partial charge in [-0.1, -0.05) is 25.1 Å². The first-order valence-electron chi connectivity index (χ1n) is 8.53. The molecule has 1 aromatic carbocycles. The Morgan fingerprint density at radius 3 is 2.83 bits per heavy atom. The molecule has 0 aliphatic carbocycles. The number of ether oxygens (including phenoxy) is 3. The van der Waals surface area contributed by atoms with Crippen molar-refractivity contribution >= 4 is 5.91 Å². The van der Waals surface area contributed by atoms with Crippen LogP contribution in [0.25, 0.3) is 0 Å². The second-order valence-electron chi connectivity index (χ2n) is 6.01. The normalized spacial score (nSPS) is 22.3. The molecule has 0 bridgehead atoms. The summed E-state index contributed by atoms with van der Waals surface area (Å²) in [6.45, 7) is 4.14. The predicted octanol–water partition coefficient (Wildman–Crippen LogP) is 2.38. The molecule has 2 aliphatic heterocycles. The van der Waals surface area contributed by atoms with E-state index < -0.39 is 0 Å². The van der Waals surface area contributed by atoms with Gasteiger partial charge in [0.05, 0.1) is 19.3 Å². The molecule has 2 fully saturated rings. The fourth-order valence-corrected chi connectivity index (χ4v) is 3.31. The summed E-state index contributed by atoms with van der Waals surface area (Å²) in [5.41, 5.74) is 1.12. The summed E-state index contributed by atoms with van der Waals surface area (Å²) in [6.07, 6.45) is 3.68. The number of carbonyl (C=O) groups is 1. The number of para-hydroxylation sites is 1. The molecular weight excluding hydrogens is 294 g/mol. The molecule has 0 aromatic heterocycles. The van der Waals surface area contributed by atoms with Crippen LogP contribution in [0.4, 0.5) is 0 Å². The first-order valence-corrected chi connectivity index (χ1v) is 8.53. The van der Waals surface area contributed by atoms with Crippen LogP contribution >= 0.6 is 0 Å². The molecular formula is C18H25NO4. The molecule has 2 heterocycles. The van der Waals surface area contributed by atoms with E-state index in [0.717, 1.165) is 43.5 Å². The molecule has 0 N–H and O–H groups in total. The van der Waals surface area contributed by atoms with Gasteiger partial charge in [-0.3, -0.25) is 4.79 Å². The molecule has 1 aromatic rings. The molecule has 1 amide bonds. The van der Waals surface area contributed by atoms with Crippen molar-refractivity contribution in [3.63, 3.8) is 0 Å². The highest BCUT2D eigenvalue weighted by Crippen LogP contribution is 2.25. The van der Waals surface area contributed by atoms with Crippen molar-refractivity contribution in [3.8, 4) is 5.75 Å². The highest BCUT2D eigenvalue weighted by molar-refractivity contribution is 5.78. The lowest BCUT2D eigenvalue weighted by atomic mass is 10.0. The van der Waals surface area contributed by atoms with E-state index in [1.54, 1.807) is 0 Å². The molecule has 23 heavy (non-hydrogen) atoms. The van der Waals surface area contributed by atoms with Gasteiger partial charge in [-0.05, 0) is 37.3 Å². The Kier molecular flexibility index (Phi) is 5.51. The zero-order valence-corrected chi connectivity index (χ0v) is 13.7. The number of aryl methyl sites for hydroxylation is 1. The van der Waals surface area contributed by atoms with Gasteiger partial charge in [0.15, 0.2) is 12.9 Å². The third kappa shape index (κ3) is 3.85. The number of amides is 1. The average molecular weight is 319 g/mol. The Hall–Kier alpha value is -1.59. The van der Waals surface area contributed by atoms with Gasteiger partial charge in [-0.25, -0.2) is 0 Å². The lowest BCUT2D eigenvalue weighted by molar-refractivity contribution is -0.152. The molecule has 0 spiro atoms. The van der Waals surface area contributed by atoms with Crippen molar-refractivity contribution in [3.05, 3.63) is 29.8 Å². The molecule has 2 saturated heterocycles. The van der Waals surface area contributed by atoms with Crippen molar-refractivity contribution in [1.82, 2.24) is 4.90 Å². The largest absolute Gasteiger partial charge is 0.483 e. The summed E-state index contributed by atoms with van der Waals surface area (Å²) in [5.74, 6) is 0.810. The van der Waals surface area contributed by atoms with Gasteiger partial charge < -0.3 is 19.1 Å².